The molecule has 1 fully saturated rings. The Morgan fingerprint density at radius 3 is 2.62 bits per heavy atom. The van der Waals surface area contributed by atoms with E-state index < -0.39 is 6.09 Å². The van der Waals surface area contributed by atoms with E-state index in [4.69, 9.17) is 11.6 Å². The van der Waals surface area contributed by atoms with Gasteiger partial charge in [0.05, 0.1) is 30.0 Å². The van der Waals surface area contributed by atoms with Crippen LogP contribution < -0.4 is 4.48 Å². The molecule has 1 aliphatic heterocycles. The molecule has 3 rings (SSSR count). The fourth-order valence-corrected chi connectivity index (χ4v) is 3.24. The van der Waals surface area contributed by atoms with Crippen molar-refractivity contribution in [2.24, 2.45) is 0 Å². The molecular formula is C17H20ClN4O2+. The molecule has 0 saturated carbocycles. The van der Waals surface area contributed by atoms with E-state index in [1.807, 2.05) is 31.2 Å². The van der Waals surface area contributed by atoms with Crippen LogP contribution in [0.4, 0.5) is 10.6 Å². The maximum atomic E-state index is 11.2. The number of nitrogens with zero attached hydrogens (tertiary/aromatic N) is 4. The van der Waals surface area contributed by atoms with Crippen LogP contribution in [-0.4, -0.2) is 52.2 Å². The van der Waals surface area contributed by atoms with Gasteiger partial charge in [0.2, 0.25) is 5.82 Å². The van der Waals surface area contributed by atoms with Gasteiger partial charge in [-0.1, -0.05) is 17.7 Å². The second kappa shape index (κ2) is 6.75. The van der Waals surface area contributed by atoms with Crippen molar-refractivity contribution in [3.05, 3.63) is 52.9 Å². The van der Waals surface area contributed by atoms with Gasteiger partial charge in [0.1, 0.15) is 19.6 Å². The molecule has 1 aliphatic rings. The Morgan fingerprint density at radius 1 is 1.29 bits per heavy atom. The number of hydrogen-bond acceptors (Lipinski definition) is 3. The highest BCUT2D eigenvalue weighted by molar-refractivity contribution is 6.30. The Hall–Kier alpha value is -2.18. The predicted molar refractivity (Wildman–Crippen MR) is 93.1 cm³/mol. The Morgan fingerprint density at radius 2 is 2.04 bits per heavy atom. The van der Waals surface area contributed by atoms with Gasteiger partial charge >= 0.3 is 6.09 Å². The normalized spacial score (nSPS) is 16.8. The first kappa shape index (κ1) is 16.7. The van der Waals surface area contributed by atoms with Gasteiger partial charge in [-0.2, -0.15) is 0 Å². The summed E-state index contributed by atoms with van der Waals surface area (Å²) < 4.78 is 0.582. The van der Waals surface area contributed by atoms with Crippen LogP contribution in [0.15, 0.2) is 36.7 Å². The average Bonchev–Trinajstić information content (AvgIpc) is 2.58. The molecule has 2 aromatic rings. The summed E-state index contributed by atoms with van der Waals surface area (Å²) in [7, 11) is 0. The maximum absolute atomic E-state index is 11.2. The Kier molecular flexibility index (Phi) is 4.69. The molecule has 3 heterocycles. The van der Waals surface area contributed by atoms with Crippen molar-refractivity contribution in [1.82, 2.24) is 19.4 Å². The Balaban J connectivity index is 1.94. The van der Waals surface area contributed by atoms with Crippen molar-refractivity contribution < 1.29 is 9.90 Å². The van der Waals surface area contributed by atoms with E-state index in [0.29, 0.717) is 42.2 Å². The van der Waals surface area contributed by atoms with E-state index in [2.05, 4.69) is 9.97 Å². The molecule has 0 radical (unpaired) electrons. The minimum Gasteiger partial charge on any atom is -0.465 e. The number of quaternary nitrogens is 1. The van der Waals surface area contributed by atoms with Crippen LogP contribution in [0.1, 0.15) is 11.3 Å². The molecule has 126 valence electrons. The number of piperazine rings is 1. The van der Waals surface area contributed by atoms with Crippen molar-refractivity contribution >= 4 is 23.5 Å². The number of aromatic nitrogens is 2. The van der Waals surface area contributed by atoms with Gasteiger partial charge < -0.3 is 5.11 Å². The van der Waals surface area contributed by atoms with Crippen molar-refractivity contribution in [2.45, 2.75) is 13.5 Å². The lowest BCUT2D eigenvalue weighted by molar-refractivity contribution is 0.102. The molecule has 0 bridgehead atoms. The highest BCUT2D eigenvalue weighted by Crippen LogP contribution is 2.28. The number of aryl methyl sites for hydroxylation is 1. The highest BCUT2D eigenvalue weighted by Gasteiger charge is 2.38. The number of amides is 1. The lowest BCUT2D eigenvalue weighted by atomic mass is 10.1. The van der Waals surface area contributed by atoms with E-state index >= 15 is 0 Å². The summed E-state index contributed by atoms with van der Waals surface area (Å²) in [5.74, 6) is 0.898. The molecule has 0 atom stereocenters. The summed E-state index contributed by atoms with van der Waals surface area (Å²) >= 11 is 5.98. The zero-order valence-corrected chi connectivity index (χ0v) is 14.3. The number of halogens is 1. The first-order valence-corrected chi connectivity index (χ1v) is 8.24. The summed E-state index contributed by atoms with van der Waals surface area (Å²) in [5, 5.41) is 9.82. The van der Waals surface area contributed by atoms with Gasteiger partial charge in [-0.15, -0.1) is 0 Å². The van der Waals surface area contributed by atoms with E-state index in [1.54, 1.807) is 12.4 Å². The van der Waals surface area contributed by atoms with Gasteiger partial charge in [-0.3, -0.25) is 14.4 Å². The first-order valence-electron chi connectivity index (χ1n) is 7.87. The number of pyridine rings is 2. The van der Waals surface area contributed by atoms with Crippen molar-refractivity contribution in [1.29, 1.82) is 0 Å². The standard InChI is InChI=1S/C17H19ClN4O2/c1-13-3-2-6-19-15(13)12-22(16-5-4-14(18)11-20-16)9-7-21(8-10-22)17(23)24/h2-6,11H,7-10,12H2,1H3/p+1. The fourth-order valence-electron chi connectivity index (χ4n) is 3.13. The van der Waals surface area contributed by atoms with Crippen LogP contribution in [0.2, 0.25) is 5.02 Å². The Labute approximate surface area is 145 Å². The SMILES string of the molecule is Cc1cccnc1C[N+]1(c2ccc(Cl)cn2)CCN(C(=O)O)CC1. The van der Waals surface area contributed by atoms with Gasteiger partial charge in [0, 0.05) is 12.3 Å². The van der Waals surface area contributed by atoms with Crippen molar-refractivity contribution in [3.63, 3.8) is 0 Å². The summed E-state index contributed by atoms with van der Waals surface area (Å²) in [5.41, 5.74) is 2.14. The third-order valence-corrected chi connectivity index (χ3v) is 4.86. The third kappa shape index (κ3) is 3.34. The largest absolute Gasteiger partial charge is 0.465 e. The second-order valence-corrected chi connectivity index (χ2v) is 6.56. The molecule has 24 heavy (non-hydrogen) atoms. The molecule has 7 heteroatoms. The van der Waals surface area contributed by atoms with Crippen molar-refractivity contribution in [3.8, 4) is 0 Å². The van der Waals surface area contributed by atoms with E-state index in [-0.39, 0.29) is 0 Å². The van der Waals surface area contributed by atoms with Crippen LogP contribution in [0.5, 0.6) is 0 Å². The smallest absolute Gasteiger partial charge is 0.407 e. The Bertz CT molecular complexity index is 728. The van der Waals surface area contributed by atoms with Crippen LogP contribution >= 0.6 is 11.6 Å². The summed E-state index contributed by atoms with van der Waals surface area (Å²) in [4.78, 5) is 21.7. The lowest BCUT2D eigenvalue weighted by Gasteiger charge is -2.42. The minimum atomic E-state index is -0.870. The summed E-state index contributed by atoms with van der Waals surface area (Å²) in [6, 6.07) is 7.73. The van der Waals surface area contributed by atoms with E-state index in [1.165, 1.54) is 4.90 Å². The lowest BCUT2D eigenvalue weighted by Crippen LogP contribution is -2.61. The quantitative estimate of drug-likeness (QED) is 0.867. The molecule has 1 N–H and O–H groups in total. The molecule has 1 amide bonds. The van der Waals surface area contributed by atoms with Crippen LogP contribution in [0, 0.1) is 6.92 Å². The minimum absolute atomic E-state index is 0.478. The third-order valence-electron chi connectivity index (χ3n) is 4.63. The van der Waals surface area contributed by atoms with Gasteiger partial charge in [-0.25, -0.2) is 9.78 Å². The molecule has 1 saturated heterocycles. The summed E-state index contributed by atoms with van der Waals surface area (Å²) in [6.07, 6.45) is 2.57. The second-order valence-electron chi connectivity index (χ2n) is 6.12. The van der Waals surface area contributed by atoms with Crippen LogP contribution in [-0.2, 0) is 6.54 Å². The van der Waals surface area contributed by atoms with E-state index in [0.717, 1.165) is 17.1 Å². The maximum Gasteiger partial charge on any atom is 0.407 e. The van der Waals surface area contributed by atoms with Crippen LogP contribution in [0.3, 0.4) is 0 Å². The topological polar surface area (TPSA) is 66.3 Å². The van der Waals surface area contributed by atoms with Gasteiger partial charge in [-0.05, 0) is 24.6 Å². The predicted octanol–water partition coefficient (Wildman–Crippen LogP) is 2.94. The number of carbonyl (C=O) groups is 1. The van der Waals surface area contributed by atoms with Gasteiger partial charge in [0.25, 0.3) is 0 Å². The molecule has 2 aromatic heterocycles. The molecular weight excluding hydrogens is 328 g/mol. The van der Waals surface area contributed by atoms with E-state index in [9.17, 15) is 9.90 Å². The molecule has 0 spiro atoms. The number of hydrogen-bond donors (Lipinski definition) is 1. The molecule has 6 nitrogen and oxygen atoms in total. The number of rotatable bonds is 3. The molecule has 0 unspecified atom stereocenters. The average molecular weight is 348 g/mol. The molecule has 0 aromatic carbocycles. The first-order chi connectivity index (χ1) is 11.5. The zero-order chi connectivity index (χ0) is 17.2. The number of carboxylic acid groups (broad SMARTS) is 1. The fraction of sp³-hybridized carbons (Fsp3) is 0.353. The van der Waals surface area contributed by atoms with Gasteiger partial charge in [0.15, 0.2) is 0 Å². The highest BCUT2D eigenvalue weighted by atomic mass is 35.5. The molecule has 0 aliphatic carbocycles. The monoisotopic (exact) mass is 347 g/mol. The van der Waals surface area contributed by atoms with Crippen molar-refractivity contribution in [2.75, 3.05) is 26.2 Å². The summed E-state index contributed by atoms with van der Waals surface area (Å²) in [6.45, 7) is 5.02. The zero-order valence-electron chi connectivity index (χ0n) is 13.5. The van der Waals surface area contributed by atoms with Crippen LogP contribution in [0.25, 0.3) is 0 Å².